The fourth-order valence-corrected chi connectivity index (χ4v) is 3.93. The molecule has 1 heterocycles. The summed E-state index contributed by atoms with van der Waals surface area (Å²) in [5.41, 5.74) is 1.04. The second-order valence-electron chi connectivity index (χ2n) is 4.93. The minimum absolute atomic E-state index is 0.118. The van der Waals surface area contributed by atoms with E-state index in [0.29, 0.717) is 35.9 Å². The molecule has 0 aromatic heterocycles. The maximum absolute atomic E-state index is 12.3. The van der Waals surface area contributed by atoms with E-state index in [1.807, 2.05) is 0 Å². The molecule has 1 aliphatic rings. The number of sulfonamides is 1. The van der Waals surface area contributed by atoms with E-state index in [9.17, 15) is 13.5 Å². The standard InChI is InChI=1S/C13H18ClNO4S/c1-9-11(7-16)4-12(14)5-13(9)20(17,18)15-6-10-2-3-19-8-10/h4-5,10,15-16H,2-3,6-8H2,1H3. The molecule has 0 spiro atoms. The molecule has 1 fully saturated rings. The van der Waals surface area contributed by atoms with Gasteiger partial charge in [0.05, 0.1) is 18.1 Å². The Hall–Kier alpha value is -0.660. The molecule has 20 heavy (non-hydrogen) atoms. The first-order valence-corrected chi connectivity index (χ1v) is 8.27. The summed E-state index contributed by atoms with van der Waals surface area (Å²) in [4.78, 5) is 0.118. The average molecular weight is 320 g/mol. The van der Waals surface area contributed by atoms with Crippen LogP contribution in [0, 0.1) is 12.8 Å². The highest BCUT2D eigenvalue weighted by Crippen LogP contribution is 2.24. The van der Waals surface area contributed by atoms with Crippen LogP contribution >= 0.6 is 11.6 Å². The number of hydrogen-bond acceptors (Lipinski definition) is 4. The molecule has 1 saturated heterocycles. The quantitative estimate of drug-likeness (QED) is 0.861. The molecule has 2 N–H and O–H groups in total. The van der Waals surface area contributed by atoms with Crippen molar-refractivity contribution < 1.29 is 18.3 Å². The highest BCUT2D eigenvalue weighted by atomic mass is 35.5. The van der Waals surface area contributed by atoms with Gasteiger partial charge in [0.15, 0.2) is 0 Å². The Morgan fingerprint density at radius 2 is 2.25 bits per heavy atom. The molecule has 112 valence electrons. The van der Waals surface area contributed by atoms with Crippen molar-refractivity contribution in [2.45, 2.75) is 24.8 Å². The summed E-state index contributed by atoms with van der Waals surface area (Å²) in [6.07, 6.45) is 0.860. The largest absolute Gasteiger partial charge is 0.392 e. The average Bonchev–Trinajstić information content (AvgIpc) is 2.92. The van der Waals surface area contributed by atoms with Gasteiger partial charge in [-0.05, 0) is 42.5 Å². The number of rotatable bonds is 5. The number of aliphatic hydroxyl groups is 1. The number of hydrogen-bond donors (Lipinski definition) is 2. The Kier molecular flexibility index (Phi) is 5.04. The molecule has 1 unspecified atom stereocenters. The van der Waals surface area contributed by atoms with Crippen molar-refractivity contribution >= 4 is 21.6 Å². The fourth-order valence-electron chi connectivity index (χ4n) is 2.20. The summed E-state index contributed by atoms with van der Waals surface area (Å²) >= 11 is 5.91. The topological polar surface area (TPSA) is 75.6 Å². The Labute approximate surface area is 124 Å². The number of ether oxygens (including phenoxy) is 1. The molecule has 2 rings (SSSR count). The lowest BCUT2D eigenvalue weighted by Crippen LogP contribution is -2.30. The van der Waals surface area contributed by atoms with Gasteiger partial charge < -0.3 is 9.84 Å². The van der Waals surface area contributed by atoms with Crippen molar-refractivity contribution in [2.75, 3.05) is 19.8 Å². The van der Waals surface area contributed by atoms with E-state index >= 15 is 0 Å². The summed E-state index contributed by atoms with van der Waals surface area (Å²) in [6.45, 7) is 3.03. The molecule has 5 nitrogen and oxygen atoms in total. The Morgan fingerprint density at radius 3 is 2.85 bits per heavy atom. The van der Waals surface area contributed by atoms with E-state index in [4.69, 9.17) is 16.3 Å². The van der Waals surface area contributed by atoms with Crippen molar-refractivity contribution in [3.8, 4) is 0 Å². The number of benzene rings is 1. The predicted octanol–water partition coefficient (Wildman–Crippen LogP) is 1.46. The van der Waals surface area contributed by atoms with E-state index in [1.54, 1.807) is 13.0 Å². The Morgan fingerprint density at radius 1 is 1.50 bits per heavy atom. The van der Waals surface area contributed by atoms with Crippen LogP contribution in [-0.2, 0) is 21.4 Å². The maximum atomic E-state index is 12.3. The van der Waals surface area contributed by atoms with Gasteiger partial charge in [0, 0.05) is 18.2 Å². The first-order chi connectivity index (χ1) is 9.44. The minimum Gasteiger partial charge on any atom is -0.392 e. The zero-order valence-corrected chi connectivity index (χ0v) is 12.8. The Bertz CT molecular complexity index is 582. The molecular formula is C13H18ClNO4S. The first kappa shape index (κ1) is 15.7. The zero-order valence-electron chi connectivity index (χ0n) is 11.2. The van der Waals surface area contributed by atoms with Crippen LogP contribution in [0.5, 0.6) is 0 Å². The summed E-state index contributed by atoms with van der Waals surface area (Å²) in [5.74, 6) is 0.210. The molecular weight excluding hydrogens is 302 g/mol. The molecule has 0 saturated carbocycles. The van der Waals surface area contributed by atoms with E-state index in [1.165, 1.54) is 6.07 Å². The molecule has 1 aromatic carbocycles. The van der Waals surface area contributed by atoms with Crippen molar-refractivity contribution in [3.63, 3.8) is 0 Å². The van der Waals surface area contributed by atoms with Crippen LogP contribution in [-0.4, -0.2) is 33.3 Å². The van der Waals surface area contributed by atoms with E-state index in [0.717, 1.165) is 6.42 Å². The number of nitrogens with one attached hydrogen (secondary N) is 1. The lowest BCUT2D eigenvalue weighted by atomic mass is 10.1. The van der Waals surface area contributed by atoms with Crippen molar-refractivity contribution in [1.82, 2.24) is 4.72 Å². The van der Waals surface area contributed by atoms with Gasteiger partial charge in [0.2, 0.25) is 10.0 Å². The molecule has 0 bridgehead atoms. The highest BCUT2D eigenvalue weighted by Gasteiger charge is 2.22. The molecule has 1 atom stereocenters. The van der Waals surface area contributed by atoms with E-state index in [2.05, 4.69) is 4.72 Å². The molecule has 0 aliphatic carbocycles. The maximum Gasteiger partial charge on any atom is 0.240 e. The Balaban J connectivity index is 2.22. The van der Waals surface area contributed by atoms with Gasteiger partial charge in [-0.3, -0.25) is 0 Å². The van der Waals surface area contributed by atoms with Gasteiger partial charge in [-0.25, -0.2) is 13.1 Å². The van der Waals surface area contributed by atoms with Crippen LogP contribution in [0.3, 0.4) is 0 Å². The number of aliphatic hydroxyl groups excluding tert-OH is 1. The minimum atomic E-state index is -3.63. The van der Waals surface area contributed by atoms with Crippen LogP contribution in [0.15, 0.2) is 17.0 Å². The molecule has 0 radical (unpaired) electrons. The molecule has 0 amide bonds. The van der Waals surface area contributed by atoms with Gasteiger partial charge in [-0.1, -0.05) is 11.6 Å². The SMILES string of the molecule is Cc1c(CO)cc(Cl)cc1S(=O)(=O)NCC1CCOC1. The molecule has 1 aliphatic heterocycles. The number of halogens is 1. The monoisotopic (exact) mass is 319 g/mol. The molecule has 1 aromatic rings. The van der Waals surface area contributed by atoms with Crippen LogP contribution in [0.25, 0.3) is 0 Å². The van der Waals surface area contributed by atoms with Crippen LogP contribution in [0.1, 0.15) is 17.5 Å². The lowest BCUT2D eigenvalue weighted by Gasteiger charge is -2.14. The third-order valence-corrected chi connectivity index (χ3v) is 5.25. The van der Waals surface area contributed by atoms with Crippen molar-refractivity contribution in [1.29, 1.82) is 0 Å². The zero-order chi connectivity index (χ0) is 14.8. The van der Waals surface area contributed by atoms with Gasteiger partial charge in [-0.15, -0.1) is 0 Å². The normalized spacial score (nSPS) is 19.4. The fraction of sp³-hybridized carbons (Fsp3) is 0.538. The highest BCUT2D eigenvalue weighted by molar-refractivity contribution is 7.89. The lowest BCUT2D eigenvalue weighted by molar-refractivity contribution is 0.186. The summed E-state index contributed by atoms with van der Waals surface area (Å²) in [7, 11) is -3.63. The third-order valence-electron chi connectivity index (χ3n) is 3.48. The van der Waals surface area contributed by atoms with Crippen LogP contribution in [0.2, 0.25) is 5.02 Å². The van der Waals surface area contributed by atoms with Crippen LogP contribution < -0.4 is 4.72 Å². The van der Waals surface area contributed by atoms with Gasteiger partial charge in [0.25, 0.3) is 0 Å². The van der Waals surface area contributed by atoms with Gasteiger partial charge >= 0.3 is 0 Å². The summed E-state index contributed by atoms with van der Waals surface area (Å²) in [5, 5.41) is 9.54. The smallest absolute Gasteiger partial charge is 0.240 e. The third kappa shape index (κ3) is 3.51. The van der Waals surface area contributed by atoms with Gasteiger partial charge in [-0.2, -0.15) is 0 Å². The summed E-state index contributed by atoms with van der Waals surface area (Å²) in [6, 6.07) is 2.98. The molecule has 7 heteroatoms. The van der Waals surface area contributed by atoms with Crippen LogP contribution in [0.4, 0.5) is 0 Å². The predicted molar refractivity (Wildman–Crippen MR) is 76.2 cm³/mol. The summed E-state index contributed by atoms with van der Waals surface area (Å²) < 4.78 is 32.5. The second kappa shape index (κ2) is 6.41. The van der Waals surface area contributed by atoms with Gasteiger partial charge in [0.1, 0.15) is 0 Å². The second-order valence-corrected chi connectivity index (χ2v) is 7.10. The van der Waals surface area contributed by atoms with Crippen molar-refractivity contribution in [3.05, 3.63) is 28.3 Å². The first-order valence-electron chi connectivity index (χ1n) is 6.41. The van der Waals surface area contributed by atoms with Crippen molar-refractivity contribution in [2.24, 2.45) is 5.92 Å². The van der Waals surface area contributed by atoms with E-state index in [-0.39, 0.29) is 17.4 Å². The van der Waals surface area contributed by atoms with E-state index < -0.39 is 10.0 Å².